The molecule has 0 N–H and O–H groups in total. The monoisotopic (exact) mass is 420 g/mol. The lowest BCUT2D eigenvalue weighted by Gasteiger charge is -2.38. The van der Waals surface area contributed by atoms with Gasteiger partial charge in [-0.05, 0) is 61.5 Å². The molecule has 0 spiro atoms. The molecule has 1 aromatic heterocycles. The van der Waals surface area contributed by atoms with Gasteiger partial charge in [-0.3, -0.25) is 9.69 Å². The first kappa shape index (κ1) is 19.6. The van der Waals surface area contributed by atoms with Gasteiger partial charge in [0, 0.05) is 12.1 Å². The Labute approximate surface area is 180 Å². The van der Waals surface area contributed by atoms with Gasteiger partial charge in [-0.25, -0.2) is 0 Å². The molecule has 8 nitrogen and oxygen atoms in total. The highest BCUT2D eigenvalue weighted by Crippen LogP contribution is 2.24. The van der Waals surface area contributed by atoms with Crippen molar-refractivity contribution >= 4 is 5.91 Å². The minimum Gasteiger partial charge on any atom is -0.497 e. The molecular formula is C23H24N4O4. The lowest BCUT2D eigenvalue weighted by molar-refractivity contribution is 0.0150. The Balaban J connectivity index is 1.13. The highest BCUT2D eigenvalue weighted by molar-refractivity contribution is 5.90. The molecule has 3 aromatic rings. The molecule has 2 aromatic carbocycles. The number of hydrogen-bond acceptors (Lipinski definition) is 7. The normalized spacial score (nSPS) is 16.5. The number of likely N-dealkylation sites (tertiary alicyclic amines) is 2. The van der Waals surface area contributed by atoms with E-state index in [0.29, 0.717) is 19.0 Å². The summed E-state index contributed by atoms with van der Waals surface area (Å²) < 4.78 is 16.7. The van der Waals surface area contributed by atoms with Crippen molar-refractivity contribution in [2.24, 2.45) is 0 Å². The smallest absolute Gasteiger partial charge is 0.311 e. The van der Waals surface area contributed by atoms with Gasteiger partial charge >= 0.3 is 11.8 Å². The van der Waals surface area contributed by atoms with Crippen LogP contribution in [0.2, 0.25) is 0 Å². The van der Waals surface area contributed by atoms with Crippen LogP contribution in [0.4, 0.5) is 0 Å². The number of aromatic nitrogens is 2. The molecule has 2 aliphatic heterocycles. The van der Waals surface area contributed by atoms with Crippen LogP contribution in [-0.4, -0.2) is 65.3 Å². The maximum absolute atomic E-state index is 12.6. The number of rotatable bonds is 7. The zero-order valence-corrected chi connectivity index (χ0v) is 17.4. The molecular weight excluding hydrogens is 396 g/mol. The molecule has 1 amide bonds. The van der Waals surface area contributed by atoms with E-state index in [0.717, 1.165) is 23.6 Å². The molecule has 2 aliphatic rings. The Kier molecular flexibility index (Phi) is 5.30. The number of benzene rings is 2. The maximum Gasteiger partial charge on any atom is 0.311 e. The van der Waals surface area contributed by atoms with Crippen molar-refractivity contribution < 1.29 is 18.7 Å². The molecule has 0 unspecified atom stereocenters. The van der Waals surface area contributed by atoms with Gasteiger partial charge in [-0.1, -0.05) is 12.1 Å². The van der Waals surface area contributed by atoms with Gasteiger partial charge in [0.1, 0.15) is 17.6 Å². The first-order valence-electron chi connectivity index (χ1n) is 10.4. The summed E-state index contributed by atoms with van der Waals surface area (Å²) in [6.45, 7) is 4.36. The van der Waals surface area contributed by atoms with Crippen LogP contribution in [0.15, 0.2) is 52.9 Å². The van der Waals surface area contributed by atoms with E-state index < -0.39 is 0 Å². The fraction of sp³-hybridized carbons (Fsp3) is 0.348. The Morgan fingerprint density at radius 2 is 1.74 bits per heavy atom. The van der Waals surface area contributed by atoms with E-state index in [1.807, 2.05) is 24.3 Å². The van der Waals surface area contributed by atoms with E-state index in [-0.39, 0.29) is 17.9 Å². The predicted octanol–water partition coefficient (Wildman–Crippen LogP) is 2.85. The SMILES string of the molecule is COc1ccc(-c2nnc(C(=O)N3CC(Oc4ccc(CN5CCC5)cc4)C3)o2)cc1. The highest BCUT2D eigenvalue weighted by atomic mass is 16.5. The van der Waals surface area contributed by atoms with Crippen molar-refractivity contribution in [1.29, 1.82) is 0 Å². The molecule has 2 saturated heterocycles. The second-order valence-electron chi connectivity index (χ2n) is 7.86. The summed E-state index contributed by atoms with van der Waals surface area (Å²) >= 11 is 0. The van der Waals surface area contributed by atoms with E-state index in [4.69, 9.17) is 13.9 Å². The average Bonchev–Trinajstić information content (AvgIpc) is 3.24. The quantitative estimate of drug-likeness (QED) is 0.581. The van der Waals surface area contributed by atoms with Gasteiger partial charge in [-0.15, -0.1) is 10.2 Å². The lowest BCUT2D eigenvalue weighted by Crippen LogP contribution is -2.56. The summed E-state index contributed by atoms with van der Waals surface area (Å²) in [5.41, 5.74) is 2.02. The topological polar surface area (TPSA) is 80.9 Å². The molecule has 31 heavy (non-hydrogen) atoms. The third-order valence-electron chi connectivity index (χ3n) is 5.66. The predicted molar refractivity (Wildman–Crippen MR) is 113 cm³/mol. The number of ether oxygens (including phenoxy) is 2. The second-order valence-corrected chi connectivity index (χ2v) is 7.86. The number of carbonyl (C=O) groups is 1. The number of nitrogens with zero attached hydrogens (tertiary/aromatic N) is 4. The minimum atomic E-state index is -0.281. The Morgan fingerprint density at radius 1 is 1.03 bits per heavy atom. The zero-order valence-electron chi connectivity index (χ0n) is 17.4. The summed E-state index contributed by atoms with van der Waals surface area (Å²) in [5, 5.41) is 7.90. The van der Waals surface area contributed by atoms with Gasteiger partial charge in [0.15, 0.2) is 0 Å². The number of carbonyl (C=O) groups excluding carboxylic acids is 1. The Hall–Kier alpha value is -3.39. The molecule has 3 heterocycles. The molecule has 0 atom stereocenters. The molecule has 8 heteroatoms. The van der Waals surface area contributed by atoms with E-state index in [1.165, 1.54) is 25.1 Å². The lowest BCUT2D eigenvalue weighted by atomic mass is 10.1. The molecule has 160 valence electrons. The van der Waals surface area contributed by atoms with E-state index >= 15 is 0 Å². The van der Waals surface area contributed by atoms with E-state index in [1.54, 1.807) is 24.1 Å². The van der Waals surface area contributed by atoms with Gasteiger partial charge in [0.2, 0.25) is 5.89 Å². The summed E-state index contributed by atoms with van der Waals surface area (Å²) in [6, 6.07) is 15.4. The largest absolute Gasteiger partial charge is 0.497 e. The van der Waals surface area contributed by atoms with Crippen LogP contribution in [0.5, 0.6) is 11.5 Å². The van der Waals surface area contributed by atoms with Gasteiger partial charge in [0.25, 0.3) is 0 Å². The van der Waals surface area contributed by atoms with Crippen LogP contribution in [0.3, 0.4) is 0 Å². The number of amides is 1. The third-order valence-corrected chi connectivity index (χ3v) is 5.66. The first-order valence-corrected chi connectivity index (χ1v) is 10.4. The van der Waals surface area contributed by atoms with Gasteiger partial charge < -0.3 is 18.8 Å². The first-order chi connectivity index (χ1) is 15.2. The minimum absolute atomic E-state index is 0.0142. The molecule has 0 aliphatic carbocycles. The van der Waals surface area contributed by atoms with Crippen molar-refractivity contribution in [3.63, 3.8) is 0 Å². The Morgan fingerprint density at radius 3 is 2.39 bits per heavy atom. The third kappa shape index (κ3) is 4.25. The van der Waals surface area contributed by atoms with Crippen LogP contribution in [0.1, 0.15) is 22.7 Å². The fourth-order valence-electron chi connectivity index (χ4n) is 3.64. The van der Waals surface area contributed by atoms with Gasteiger partial charge in [0.05, 0.1) is 20.2 Å². The van der Waals surface area contributed by atoms with Crippen molar-refractivity contribution in [2.45, 2.75) is 19.1 Å². The number of methoxy groups -OCH3 is 1. The van der Waals surface area contributed by atoms with Crippen LogP contribution >= 0.6 is 0 Å². The number of hydrogen-bond donors (Lipinski definition) is 0. The summed E-state index contributed by atoms with van der Waals surface area (Å²) in [7, 11) is 1.60. The standard InChI is InChI=1S/C23H24N4O4/c1-29-18-9-5-17(6-10-18)21-24-25-22(31-21)23(28)27-14-20(15-27)30-19-7-3-16(4-8-19)13-26-11-2-12-26/h3-10,20H,2,11-15H2,1H3. The van der Waals surface area contributed by atoms with Crippen LogP contribution in [0.25, 0.3) is 11.5 Å². The molecule has 0 bridgehead atoms. The fourth-order valence-corrected chi connectivity index (χ4v) is 3.64. The molecule has 0 saturated carbocycles. The van der Waals surface area contributed by atoms with Crippen LogP contribution in [0, 0.1) is 0 Å². The van der Waals surface area contributed by atoms with E-state index in [9.17, 15) is 4.79 Å². The Bertz CT molecular complexity index is 1040. The highest BCUT2D eigenvalue weighted by Gasteiger charge is 2.35. The van der Waals surface area contributed by atoms with Gasteiger partial charge in [-0.2, -0.15) is 0 Å². The molecule has 2 fully saturated rings. The zero-order chi connectivity index (χ0) is 21.2. The molecule has 0 radical (unpaired) electrons. The van der Waals surface area contributed by atoms with E-state index in [2.05, 4.69) is 27.2 Å². The molecule has 5 rings (SSSR count). The second kappa shape index (κ2) is 8.39. The van der Waals surface area contributed by atoms with Crippen LogP contribution in [-0.2, 0) is 6.54 Å². The van der Waals surface area contributed by atoms with Crippen molar-refractivity contribution in [2.75, 3.05) is 33.3 Å². The van der Waals surface area contributed by atoms with Crippen molar-refractivity contribution in [3.05, 3.63) is 60.0 Å². The summed E-state index contributed by atoms with van der Waals surface area (Å²) in [4.78, 5) is 16.7. The summed E-state index contributed by atoms with van der Waals surface area (Å²) in [6.07, 6.45) is 1.26. The summed E-state index contributed by atoms with van der Waals surface area (Å²) in [5.74, 6) is 1.57. The average molecular weight is 420 g/mol. The van der Waals surface area contributed by atoms with Crippen LogP contribution < -0.4 is 9.47 Å². The maximum atomic E-state index is 12.6. The van der Waals surface area contributed by atoms with Crippen molar-refractivity contribution in [3.8, 4) is 23.0 Å². The van der Waals surface area contributed by atoms with Crippen molar-refractivity contribution in [1.82, 2.24) is 20.0 Å².